The molecule has 4 nitrogen and oxygen atoms in total. The van der Waals surface area contributed by atoms with Crippen LogP contribution in [0, 0.1) is 5.41 Å². The van der Waals surface area contributed by atoms with Gasteiger partial charge in [0.1, 0.15) is 0 Å². The third kappa shape index (κ3) is 4.09. The zero-order valence-electron chi connectivity index (χ0n) is 9.73. The molecule has 1 aliphatic heterocycles. The normalized spacial score (nSPS) is 21.9. The van der Waals surface area contributed by atoms with Gasteiger partial charge in [0.05, 0.1) is 11.9 Å². The second-order valence-electron chi connectivity index (χ2n) is 5.45. The van der Waals surface area contributed by atoms with Gasteiger partial charge in [0.15, 0.2) is 0 Å². The molecular formula is C10H21NO3S. The Balaban J connectivity index is 2.63. The van der Waals surface area contributed by atoms with Gasteiger partial charge in [-0.2, -0.15) is 0 Å². The first-order valence-corrected chi connectivity index (χ1v) is 6.97. The highest BCUT2D eigenvalue weighted by molar-refractivity contribution is 7.89. The van der Waals surface area contributed by atoms with Gasteiger partial charge in [-0.1, -0.05) is 20.8 Å². The summed E-state index contributed by atoms with van der Waals surface area (Å²) in [5.41, 5.74) is -0.213. The summed E-state index contributed by atoms with van der Waals surface area (Å²) in [5, 5.41) is 9.30. The van der Waals surface area contributed by atoms with Gasteiger partial charge >= 0.3 is 0 Å². The Labute approximate surface area is 92.3 Å². The molecule has 0 aromatic carbocycles. The van der Waals surface area contributed by atoms with E-state index in [1.165, 1.54) is 4.31 Å². The van der Waals surface area contributed by atoms with Gasteiger partial charge in [0.25, 0.3) is 0 Å². The minimum absolute atomic E-state index is 0.177. The van der Waals surface area contributed by atoms with Gasteiger partial charge in [-0.25, -0.2) is 12.7 Å². The van der Waals surface area contributed by atoms with Crippen molar-refractivity contribution in [3.05, 3.63) is 0 Å². The lowest BCUT2D eigenvalue weighted by atomic mass is 10.0. The molecule has 90 valence electrons. The highest BCUT2D eigenvalue weighted by Gasteiger charge is 2.30. The summed E-state index contributed by atoms with van der Waals surface area (Å²) in [7, 11) is -3.14. The minimum atomic E-state index is -3.14. The monoisotopic (exact) mass is 235 g/mol. The van der Waals surface area contributed by atoms with Gasteiger partial charge in [-0.3, -0.25) is 0 Å². The van der Waals surface area contributed by atoms with Crippen molar-refractivity contribution in [3.8, 4) is 0 Å². The molecule has 0 amide bonds. The molecule has 0 aromatic rings. The van der Waals surface area contributed by atoms with E-state index in [1.54, 1.807) is 0 Å². The largest absolute Gasteiger partial charge is 0.393 e. The van der Waals surface area contributed by atoms with Crippen LogP contribution in [0.1, 0.15) is 33.6 Å². The Bertz CT molecular complexity index is 297. The standard InChI is InChI=1S/C10H21NO3S/c1-10(2,3)8-15(13,14)11-6-4-9(12)5-7-11/h9,12H,4-8H2,1-3H3. The van der Waals surface area contributed by atoms with E-state index in [9.17, 15) is 13.5 Å². The molecule has 0 spiro atoms. The number of aliphatic hydroxyl groups excluding tert-OH is 1. The summed E-state index contributed by atoms with van der Waals surface area (Å²) >= 11 is 0. The Kier molecular flexibility index (Phi) is 3.79. The first kappa shape index (κ1) is 12.9. The van der Waals surface area contributed by atoms with Crippen LogP contribution in [0.3, 0.4) is 0 Å². The molecule has 1 fully saturated rings. The minimum Gasteiger partial charge on any atom is -0.393 e. The maximum absolute atomic E-state index is 12.0. The molecular weight excluding hydrogens is 214 g/mol. The Morgan fingerprint density at radius 3 is 2.13 bits per heavy atom. The molecule has 5 heteroatoms. The van der Waals surface area contributed by atoms with Crippen LogP contribution in [0.25, 0.3) is 0 Å². The SMILES string of the molecule is CC(C)(C)CS(=O)(=O)N1CCC(O)CC1. The van der Waals surface area contributed by atoms with E-state index in [0.717, 1.165) is 0 Å². The van der Waals surface area contributed by atoms with Gasteiger partial charge < -0.3 is 5.11 Å². The van der Waals surface area contributed by atoms with Crippen molar-refractivity contribution >= 4 is 10.0 Å². The third-order valence-corrected chi connectivity index (χ3v) is 4.82. The van der Waals surface area contributed by atoms with Crippen molar-refractivity contribution in [2.45, 2.75) is 39.7 Å². The molecule has 1 aliphatic rings. The topological polar surface area (TPSA) is 57.6 Å². The number of piperidine rings is 1. The summed E-state index contributed by atoms with van der Waals surface area (Å²) in [6, 6.07) is 0. The molecule has 0 radical (unpaired) electrons. The molecule has 0 aliphatic carbocycles. The third-order valence-electron chi connectivity index (χ3n) is 2.43. The summed E-state index contributed by atoms with van der Waals surface area (Å²) in [6.45, 7) is 6.68. The Hall–Kier alpha value is -0.130. The van der Waals surface area contributed by atoms with Crippen LogP contribution in [-0.4, -0.2) is 42.8 Å². The fourth-order valence-corrected chi connectivity index (χ4v) is 3.80. The number of hydrogen-bond acceptors (Lipinski definition) is 3. The molecule has 0 aromatic heterocycles. The summed E-state index contributed by atoms with van der Waals surface area (Å²) in [4.78, 5) is 0. The number of aliphatic hydroxyl groups is 1. The van der Waals surface area contributed by atoms with E-state index in [0.29, 0.717) is 25.9 Å². The number of hydrogen-bond donors (Lipinski definition) is 1. The van der Waals surface area contributed by atoms with Gasteiger partial charge in [0, 0.05) is 13.1 Å². The van der Waals surface area contributed by atoms with Crippen molar-refractivity contribution in [1.29, 1.82) is 0 Å². The summed E-state index contributed by atoms with van der Waals surface area (Å²) < 4.78 is 25.4. The predicted molar refractivity (Wildman–Crippen MR) is 60.1 cm³/mol. The fourth-order valence-electron chi connectivity index (χ4n) is 1.76. The van der Waals surface area contributed by atoms with E-state index in [1.807, 2.05) is 20.8 Å². The molecule has 1 heterocycles. The van der Waals surface area contributed by atoms with Crippen molar-refractivity contribution in [3.63, 3.8) is 0 Å². The molecule has 0 unspecified atom stereocenters. The quantitative estimate of drug-likeness (QED) is 0.771. The van der Waals surface area contributed by atoms with Crippen LogP contribution in [0.5, 0.6) is 0 Å². The smallest absolute Gasteiger partial charge is 0.214 e. The highest BCUT2D eigenvalue weighted by atomic mass is 32.2. The molecule has 1 N–H and O–H groups in total. The molecule has 0 bridgehead atoms. The van der Waals surface area contributed by atoms with Crippen LogP contribution in [0.4, 0.5) is 0 Å². The molecule has 1 saturated heterocycles. The lowest BCUT2D eigenvalue weighted by Gasteiger charge is -2.31. The van der Waals surface area contributed by atoms with E-state index in [-0.39, 0.29) is 17.3 Å². The van der Waals surface area contributed by atoms with Crippen LogP contribution >= 0.6 is 0 Å². The Morgan fingerprint density at radius 2 is 1.73 bits per heavy atom. The van der Waals surface area contributed by atoms with Crippen LogP contribution in [-0.2, 0) is 10.0 Å². The Morgan fingerprint density at radius 1 is 1.27 bits per heavy atom. The molecule has 0 atom stereocenters. The van der Waals surface area contributed by atoms with Crippen LogP contribution in [0.2, 0.25) is 0 Å². The van der Waals surface area contributed by atoms with Gasteiger partial charge in [-0.05, 0) is 18.3 Å². The molecule has 15 heavy (non-hydrogen) atoms. The lowest BCUT2D eigenvalue weighted by Crippen LogP contribution is -2.43. The zero-order valence-corrected chi connectivity index (χ0v) is 10.5. The first-order chi connectivity index (χ1) is 6.71. The summed E-state index contributed by atoms with van der Waals surface area (Å²) in [5.74, 6) is 0.177. The van der Waals surface area contributed by atoms with E-state index in [4.69, 9.17) is 0 Å². The highest BCUT2D eigenvalue weighted by Crippen LogP contribution is 2.21. The number of nitrogens with zero attached hydrogens (tertiary/aromatic N) is 1. The van der Waals surface area contributed by atoms with Crippen molar-refractivity contribution in [2.75, 3.05) is 18.8 Å². The average Bonchev–Trinajstić information content (AvgIpc) is 2.00. The first-order valence-electron chi connectivity index (χ1n) is 5.37. The van der Waals surface area contributed by atoms with E-state index < -0.39 is 10.0 Å². The van der Waals surface area contributed by atoms with Crippen LogP contribution in [0.15, 0.2) is 0 Å². The fraction of sp³-hybridized carbons (Fsp3) is 1.00. The second-order valence-corrected chi connectivity index (χ2v) is 7.42. The van der Waals surface area contributed by atoms with Crippen molar-refractivity contribution in [1.82, 2.24) is 4.31 Å². The van der Waals surface area contributed by atoms with Crippen molar-refractivity contribution < 1.29 is 13.5 Å². The van der Waals surface area contributed by atoms with Crippen molar-refractivity contribution in [2.24, 2.45) is 5.41 Å². The van der Waals surface area contributed by atoms with Gasteiger partial charge in [0.2, 0.25) is 10.0 Å². The number of rotatable bonds is 2. The second kappa shape index (κ2) is 4.39. The van der Waals surface area contributed by atoms with Gasteiger partial charge in [-0.15, -0.1) is 0 Å². The predicted octanol–water partition coefficient (Wildman–Crippen LogP) is 0.819. The van der Waals surface area contributed by atoms with E-state index >= 15 is 0 Å². The van der Waals surface area contributed by atoms with E-state index in [2.05, 4.69) is 0 Å². The molecule has 0 saturated carbocycles. The summed E-state index contributed by atoms with van der Waals surface area (Å²) in [6.07, 6.45) is 0.790. The number of sulfonamides is 1. The van der Waals surface area contributed by atoms with Crippen LogP contribution < -0.4 is 0 Å². The maximum atomic E-state index is 12.0. The lowest BCUT2D eigenvalue weighted by molar-refractivity contribution is 0.112. The molecule has 1 rings (SSSR count). The zero-order chi connectivity index (χ0) is 11.7. The average molecular weight is 235 g/mol. The maximum Gasteiger partial charge on any atom is 0.214 e.